The molecule has 55 valence electrons. The van der Waals surface area contributed by atoms with Crippen molar-refractivity contribution in [3.63, 3.8) is 0 Å². The van der Waals surface area contributed by atoms with Gasteiger partial charge in [0.05, 0.1) is 0 Å². The zero-order chi connectivity index (χ0) is 7.68. The van der Waals surface area contributed by atoms with E-state index in [0.29, 0.717) is 0 Å². The highest BCUT2D eigenvalue weighted by atomic mass is 32.2. The monoisotopic (exact) mass is 164 g/mol. The van der Waals surface area contributed by atoms with Crippen molar-refractivity contribution in [3.05, 3.63) is 18.3 Å². The standard InChI is InChI=1S/C7H6N3S/c1-11-7-9-5-3-2-4-8-6(5)10-7/h2-4H,1H3. The van der Waals surface area contributed by atoms with E-state index < -0.39 is 0 Å². The van der Waals surface area contributed by atoms with Crippen molar-refractivity contribution < 1.29 is 0 Å². The number of aromatic nitrogens is 1. The zero-order valence-electron chi connectivity index (χ0n) is 5.98. The van der Waals surface area contributed by atoms with Crippen LogP contribution in [0.15, 0.2) is 23.3 Å². The first kappa shape index (κ1) is 6.67. The molecule has 0 amide bonds. The van der Waals surface area contributed by atoms with Crippen LogP contribution in [0.25, 0.3) is 0 Å². The number of fused-ring (bicyclic) bond motifs is 1. The van der Waals surface area contributed by atoms with E-state index in [1.54, 1.807) is 6.20 Å². The Kier molecular flexibility index (Phi) is 1.54. The van der Waals surface area contributed by atoms with Crippen molar-refractivity contribution in [1.82, 2.24) is 10.3 Å². The van der Waals surface area contributed by atoms with E-state index in [9.17, 15) is 0 Å². The Morgan fingerprint density at radius 2 is 2.36 bits per heavy atom. The lowest BCUT2D eigenvalue weighted by molar-refractivity contribution is 1.26. The summed E-state index contributed by atoms with van der Waals surface area (Å²) in [4.78, 5) is 8.23. The molecule has 0 atom stereocenters. The topological polar surface area (TPSA) is 39.4 Å². The number of amidine groups is 1. The van der Waals surface area contributed by atoms with Gasteiger partial charge >= 0.3 is 0 Å². The molecule has 0 spiro atoms. The molecular weight excluding hydrogens is 158 g/mol. The highest BCUT2D eigenvalue weighted by Crippen LogP contribution is 2.28. The summed E-state index contributed by atoms with van der Waals surface area (Å²) in [6.07, 6.45) is 3.68. The molecule has 4 heteroatoms. The lowest BCUT2D eigenvalue weighted by Crippen LogP contribution is -1.98. The Balaban J connectivity index is 2.39. The maximum Gasteiger partial charge on any atom is 0.190 e. The Hall–Kier alpha value is -1.03. The fourth-order valence-electron chi connectivity index (χ4n) is 0.872. The first-order chi connectivity index (χ1) is 5.40. The van der Waals surface area contributed by atoms with E-state index in [2.05, 4.69) is 15.3 Å². The van der Waals surface area contributed by atoms with Crippen molar-refractivity contribution >= 4 is 28.4 Å². The van der Waals surface area contributed by atoms with Gasteiger partial charge in [0.2, 0.25) is 0 Å². The van der Waals surface area contributed by atoms with E-state index >= 15 is 0 Å². The molecule has 2 heterocycles. The van der Waals surface area contributed by atoms with Gasteiger partial charge in [-0.3, -0.25) is 0 Å². The Labute approximate surface area is 68.9 Å². The number of rotatable bonds is 0. The van der Waals surface area contributed by atoms with Crippen LogP contribution in [-0.4, -0.2) is 16.4 Å². The van der Waals surface area contributed by atoms with Gasteiger partial charge in [0.15, 0.2) is 11.0 Å². The van der Waals surface area contributed by atoms with Crippen molar-refractivity contribution in [2.24, 2.45) is 4.99 Å². The molecule has 1 aromatic heterocycles. The van der Waals surface area contributed by atoms with E-state index in [1.165, 1.54) is 11.8 Å². The Morgan fingerprint density at radius 1 is 1.45 bits per heavy atom. The molecule has 0 aliphatic carbocycles. The molecule has 0 aromatic carbocycles. The summed E-state index contributed by atoms with van der Waals surface area (Å²) in [6, 6.07) is 3.77. The van der Waals surface area contributed by atoms with E-state index in [4.69, 9.17) is 0 Å². The molecular formula is C7H6N3S. The number of thioether (sulfide) groups is 1. The van der Waals surface area contributed by atoms with Crippen LogP contribution in [0.1, 0.15) is 0 Å². The van der Waals surface area contributed by atoms with Gasteiger partial charge in [-0.2, -0.15) is 0 Å². The predicted molar refractivity (Wildman–Crippen MR) is 46.6 cm³/mol. The molecule has 0 unspecified atom stereocenters. The molecule has 1 radical (unpaired) electrons. The van der Waals surface area contributed by atoms with E-state index in [0.717, 1.165) is 16.7 Å². The molecule has 0 saturated heterocycles. The second-order valence-electron chi connectivity index (χ2n) is 2.06. The number of hydrogen-bond acceptors (Lipinski definition) is 3. The summed E-state index contributed by atoms with van der Waals surface area (Å²) < 4.78 is 0. The van der Waals surface area contributed by atoms with Gasteiger partial charge in [-0.25, -0.2) is 15.3 Å². The number of nitrogens with zero attached hydrogens (tertiary/aromatic N) is 3. The molecule has 1 aliphatic heterocycles. The summed E-state index contributed by atoms with van der Waals surface area (Å²) in [5, 5.41) is 5.01. The van der Waals surface area contributed by atoms with Crippen LogP contribution in [0.5, 0.6) is 0 Å². The quantitative estimate of drug-likeness (QED) is 0.585. The zero-order valence-corrected chi connectivity index (χ0v) is 6.80. The molecule has 0 N–H and O–H groups in total. The average Bonchev–Trinajstić information content (AvgIpc) is 2.46. The third-order valence-electron chi connectivity index (χ3n) is 1.37. The highest BCUT2D eigenvalue weighted by Gasteiger charge is 2.14. The minimum absolute atomic E-state index is 0.733. The summed E-state index contributed by atoms with van der Waals surface area (Å²) >= 11 is 1.53. The molecule has 1 aromatic rings. The first-order valence-electron chi connectivity index (χ1n) is 3.19. The molecule has 1 aliphatic rings. The fourth-order valence-corrected chi connectivity index (χ4v) is 1.24. The van der Waals surface area contributed by atoms with Crippen LogP contribution in [0.2, 0.25) is 0 Å². The van der Waals surface area contributed by atoms with Gasteiger partial charge in [-0.05, 0) is 18.4 Å². The molecule has 2 rings (SSSR count). The molecule has 0 saturated carbocycles. The summed E-state index contributed by atoms with van der Waals surface area (Å²) in [5.74, 6) is 0.733. The Morgan fingerprint density at radius 3 is 3.09 bits per heavy atom. The van der Waals surface area contributed by atoms with Gasteiger partial charge in [0.1, 0.15) is 5.69 Å². The second-order valence-corrected chi connectivity index (χ2v) is 2.83. The number of aliphatic imine (C=N–C) groups is 1. The summed E-state index contributed by atoms with van der Waals surface area (Å²) in [7, 11) is 0. The maximum absolute atomic E-state index is 4.22. The first-order valence-corrected chi connectivity index (χ1v) is 4.42. The third kappa shape index (κ3) is 1.09. The van der Waals surface area contributed by atoms with Crippen LogP contribution in [0.3, 0.4) is 0 Å². The highest BCUT2D eigenvalue weighted by molar-refractivity contribution is 8.13. The molecule has 0 fully saturated rings. The molecule has 0 bridgehead atoms. The van der Waals surface area contributed by atoms with Crippen LogP contribution in [0.4, 0.5) is 11.5 Å². The van der Waals surface area contributed by atoms with Crippen molar-refractivity contribution in [1.29, 1.82) is 0 Å². The number of hydrogen-bond donors (Lipinski definition) is 0. The minimum atomic E-state index is 0.733. The third-order valence-corrected chi connectivity index (χ3v) is 1.91. The predicted octanol–water partition coefficient (Wildman–Crippen LogP) is 1.68. The van der Waals surface area contributed by atoms with Crippen molar-refractivity contribution in [2.45, 2.75) is 0 Å². The van der Waals surface area contributed by atoms with Crippen molar-refractivity contribution in [2.75, 3.05) is 6.26 Å². The summed E-state index contributed by atoms with van der Waals surface area (Å²) in [6.45, 7) is 0. The number of pyridine rings is 1. The molecule has 11 heavy (non-hydrogen) atoms. The second kappa shape index (κ2) is 2.54. The van der Waals surface area contributed by atoms with E-state index in [1.807, 2.05) is 18.4 Å². The molecule has 3 nitrogen and oxygen atoms in total. The fraction of sp³-hybridized carbons (Fsp3) is 0.143. The minimum Gasteiger partial charge on any atom is -0.235 e. The SMILES string of the molecule is CSC1=Nc2ncccc2[N]1. The Bertz CT molecular complexity index is 308. The normalized spacial score (nSPS) is 13.7. The van der Waals surface area contributed by atoms with Gasteiger partial charge in [0.25, 0.3) is 0 Å². The van der Waals surface area contributed by atoms with Gasteiger partial charge < -0.3 is 0 Å². The summed E-state index contributed by atoms with van der Waals surface area (Å²) in [5.41, 5.74) is 0.872. The van der Waals surface area contributed by atoms with Gasteiger partial charge in [-0.1, -0.05) is 11.8 Å². The lowest BCUT2D eigenvalue weighted by Gasteiger charge is -1.91. The lowest BCUT2D eigenvalue weighted by atomic mass is 10.4. The van der Waals surface area contributed by atoms with Gasteiger partial charge in [0, 0.05) is 6.20 Å². The largest absolute Gasteiger partial charge is 0.235 e. The average molecular weight is 164 g/mol. The van der Waals surface area contributed by atoms with Crippen LogP contribution in [0, 0.1) is 0 Å². The van der Waals surface area contributed by atoms with Crippen LogP contribution >= 0.6 is 11.8 Å². The maximum atomic E-state index is 4.22. The smallest absolute Gasteiger partial charge is 0.190 e. The van der Waals surface area contributed by atoms with Crippen molar-refractivity contribution in [3.8, 4) is 0 Å². The van der Waals surface area contributed by atoms with Crippen LogP contribution in [-0.2, 0) is 0 Å². The van der Waals surface area contributed by atoms with E-state index in [-0.39, 0.29) is 0 Å². The van der Waals surface area contributed by atoms with Gasteiger partial charge in [-0.15, -0.1) is 0 Å². The van der Waals surface area contributed by atoms with Crippen LogP contribution < -0.4 is 5.32 Å².